The number of piperazine rings is 1. The van der Waals surface area contributed by atoms with Crippen molar-refractivity contribution in [2.24, 2.45) is 0 Å². The maximum Gasteiger partial charge on any atom is 0.203 e. The third-order valence-corrected chi connectivity index (χ3v) is 3.58. The highest BCUT2D eigenvalue weighted by Crippen LogP contribution is 2.38. The first-order valence-electron chi connectivity index (χ1n) is 6.92. The van der Waals surface area contributed by atoms with Crippen molar-refractivity contribution >= 4 is 0 Å². The average molecular weight is 280 g/mol. The van der Waals surface area contributed by atoms with Crippen LogP contribution in [-0.2, 0) is 6.54 Å². The highest BCUT2D eigenvalue weighted by atomic mass is 16.5. The van der Waals surface area contributed by atoms with Crippen LogP contribution < -0.4 is 19.5 Å². The van der Waals surface area contributed by atoms with Crippen LogP contribution in [0.15, 0.2) is 12.1 Å². The minimum atomic E-state index is 0.533. The Balaban J connectivity index is 2.19. The molecule has 2 rings (SSSR count). The van der Waals surface area contributed by atoms with Gasteiger partial charge in [0, 0.05) is 32.2 Å². The van der Waals surface area contributed by atoms with Gasteiger partial charge in [0.2, 0.25) is 5.75 Å². The van der Waals surface area contributed by atoms with Gasteiger partial charge in [0.05, 0.1) is 21.3 Å². The summed E-state index contributed by atoms with van der Waals surface area (Å²) in [7, 11) is 4.92. The molecule has 0 aliphatic carbocycles. The third-order valence-electron chi connectivity index (χ3n) is 3.58. The summed E-state index contributed by atoms with van der Waals surface area (Å²) in [5.41, 5.74) is 1.17. The van der Waals surface area contributed by atoms with E-state index in [1.54, 1.807) is 21.3 Å². The Morgan fingerprint density at radius 2 is 1.80 bits per heavy atom. The van der Waals surface area contributed by atoms with Gasteiger partial charge in [-0.2, -0.15) is 0 Å². The highest BCUT2D eigenvalue weighted by molar-refractivity contribution is 5.53. The first kappa shape index (κ1) is 14.9. The topological polar surface area (TPSA) is 43.0 Å². The molecule has 0 radical (unpaired) electrons. The van der Waals surface area contributed by atoms with Crippen LogP contribution in [0.3, 0.4) is 0 Å². The minimum absolute atomic E-state index is 0.533. The molecule has 0 unspecified atom stereocenters. The lowest BCUT2D eigenvalue weighted by Crippen LogP contribution is -2.48. The number of nitrogens with one attached hydrogen (secondary N) is 1. The lowest BCUT2D eigenvalue weighted by molar-refractivity contribution is 0.199. The van der Waals surface area contributed by atoms with Crippen LogP contribution in [0.25, 0.3) is 0 Å². The van der Waals surface area contributed by atoms with E-state index in [0.717, 1.165) is 26.2 Å². The maximum absolute atomic E-state index is 5.39. The molecule has 1 aliphatic heterocycles. The summed E-state index contributed by atoms with van der Waals surface area (Å²) in [6.45, 7) is 6.24. The average Bonchev–Trinajstić information content (AvgIpc) is 2.46. The molecule has 0 saturated carbocycles. The molecule has 1 fully saturated rings. The molecule has 1 atom stereocenters. The van der Waals surface area contributed by atoms with Gasteiger partial charge in [0.1, 0.15) is 0 Å². The molecule has 5 heteroatoms. The van der Waals surface area contributed by atoms with Crippen LogP contribution in [0.5, 0.6) is 17.2 Å². The molecule has 0 amide bonds. The second-order valence-corrected chi connectivity index (χ2v) is 5.12. The Labute approximate surface area is 120 Å². The zero-order chi connectivity index (χ0) is 14.5. The van der Waals surface area contributed by atoms with Gasteiger partial charge in [-0.1, -0.05) is 0 Å². The second kappa shape index (κ2) is 6.81. The fourth-order valence-electron chi connectivity index (χ4n) is 2.64. The van der Waals surface area contributed by atoms with Gasteiger partial charge in [0.25, 0.3) is 0 Å². The van der Waals surface area contributed by atoms with Crippen LogP contribution in [0.1, 0.15) is 12.5 Å². The molecule has 0 spiro atoms. The Morgan fingerprint density at radius 1 is 1.15 bits per heavy atom. The van der Waals surface area contributed by atoms with Crippen LogP contribution in [0, 0.1) is 0 Å². The van der Waals surface area contributed by atoms with E-state index >= 15 is 0 Å². The molecule has 112 valence electrons. The van der Waals surface area contributed by atoms with Crippen molar-refractivity contribution in [2.45, 2.75) is 19.5 Å². The van der Waals surface area contributed by atoms with Crippen molar-refractivity contribution in [3.63, 3.8) is 0 Å². The van der Waals surface area contributed by atoms with Crippen molar-refractivity contribution in [2.75, 3.05) is 41.0 Å². The van der Waals surface area contributed by atoms with Gasteiger partial charge >= 0.3 is 0 Å². The first-order chi connectivity index (χ1) is 9.67. The number of hydrogen-bond acceptors (Lipinski definition) is 5. The van der Waals surface area contributed by atoms with Crippen LogP contribution >= 0.6 is 0 Å². The van der Waals surface area contributed by atoms with Crippen LogP contribution in [-0.4, -0.2) is 51.9 Å². The summed E-state index contributed by atoms with van der Waals surface area (Å²) in [6.07, 6.45) is 0. The summed E-state index contributed by atoms with van der Waals surface area (Å²) in [5, 5.41) is 3.45. The van der Waals surface area contributed by atoms with Gasteiger partial charge in [-0.3, -0.25) is 4.90 Å². The molecular formula is C15H24N2O3. The molecule has 1 aliphatic rings. The summed E-state index contributed by atoms with van der Waals surface area (Å²) in [4.78, 5) is 2.43. The summed E-state index contributed by atoms with van der Waals surface area (Å²) in [5.74, 6) is 2.07. The van der Waals surface area contributed by atoms with Crippen molar-refractivity contribution in [1.29, 1.82) is 0 Å². The molecule has 1 aromatic rings. The molecule has 20 heavy (non-hydrogen) atoms. The molecule has 1 N–H and O–H groups in total. The standard InChI is InChI=1S/C15H24N2O3/c1-11-9-17(6-5-16-11)10-12-7-13(18-2)15(20-4)14(8-12)19-3/h7-8,11,16H,5-6,9-10H2,1-4H3/t11-/m1/s1. The zero-order valence-corrected chi connectivity index (χ0v) is 12.7. The van der Waals surface area contributed by atoms with Gasteiger partial charge in [-0.25, -0.2) is 0 Å². The number of methoxy groups -OCH3 is 3. The van der Waals surface area contributed by atoms with Gasteiger partial charge in [0.15, 0.2) is 11.5 Å². The predicted octanol–water partition coefficient (Wildman–Crippen LogP) is 1.51. The molecule has 5 nitrogen and oxygen atoms in total. The van der Waals surface area contributed by atoms with Gasteiger partial charge < -0.3 is 19.5 Å². The Kier molecular flexibility index (Phi) is 5.09. The Morgan fingerprint density at radius 3 is 2.30 bits per heavy atom. The van der Waals surface area contributed by atoms with E-state index in [4.69, 9.17) is 14.2 Å². The number of benzene rings is 1. The number of hydrogen-bond donors (Lipinski definition) is 1. The summed E-state index contributed by atoms with van der Waals surface area (Å²) >= 11 is 0. The van der Waals surface area contributed by atoms with E-state index in [1.165, 1.54) is 5.56 Å². The molecule has 0 bridgehead atoms. The van der Waals surface area contributed by atoms with Crippen molar-refractivity contribution in [1.82, 2.24) is 10.2 Å². The van der Waals surface area contributed by atoms with Crippen LogP contribution in [0.2, 0.25) is 0 Å². The van der Waals surface area contributed by atoms with E-state index < -0.39 is 0 Å². The normalized spacial score (nSPS) is 19.7. The van der Waals surface area contributed by atoms with Crippen LogP contribution in [0.4, 0.5) is 0 Å². The van der Waals surface area contributed by atoms with Gasteiger partial charge in [-0.15, -0.1) is 0 Å². The summed E-state index contributed by atoms with van der Waals surface area (Å²) < 4.78 is 16.1. The number of ether oxygens (including phenoxy) is 3. The van der Waals surface area contributed by atoms with E-state index in [2.05, 4.69) is 17.1 Å². The molecule has 0 aromatic heterocycles. The van der Waals surface area contributed by atoms with E-state index in [1.807, 2.05) is 12.1 Å². The Bertz CT molecular complexity index is 426. The SMILES string of the molecule is COc1cc(CN2CCN[C@H](C)C2)cc(OC)c1OC. The molecule has 1 saturated heterocycles. The summed E-state index contributed by atoms with van der Waals surface area (Å²) in [6, 6.07) is 4.58. The monoisotopic (exact) mass is 280 g/mol. The fourth-order valence-corrected chi connectivity index (χ4v) is 2.64. The third kappa shape index (κ3) is 3.35. The first-order valence-corrected chi connectivity index (χ1v) is 6.92. The highest BCUT2D eigenvalue weighted by Gasteiger charge is 2.18. The quantitative estimate of drug-likeness (QED) is 0.885. The van der Waals surface area contributed by atoms with Crippen molar-refractivity contribution in [3.05, 3.63) is 17.7 Å². The smallest absolute Gasteiger partial charge is 0.203 e. The molecular weight excluding hydrogens is 256 g/mol. The second-order valence-electron chi connectivity index (χ2n) is 5.12. The largest absolute Gasteiger partial charge is 0.493 e. The van der Waals surface area contributed by atoms with E-state index in [9.17, 15) is 0 Å². The molecule has 1 heterocycles. The van der Waals surface area contributed by atoms with Crippen molar-refractivity contribution in [3.8, 4) is 17.2 Å². The fraction of sp³-hybridized carbons (Fsp3) is 0.600. The van der Waals surface area contributed by atoms with E-state index in [0.29, 0.717) is 23.3 Å². The van der Waals surface area contributed by atoms with E-state index in [-0.39, 0.29) is 0 Å². The van der Waals surface area contributed by atoms with Crippen molar-refractivity contribution < 1.29 is 14.2 Å². The predicted molar refractivity (Wildman–Crippen MR) is 78.8 cm³/mol. The minimum Gasteiger partial charge on any atom is -0.493 e. The lowest BCUT2D eigenvalue weighted by atomic mass is 10.1. The number of nitrogens with zero attached hydrogens (tertiary/aromatic N) is 1. The molecule has 1 aromatic carbocycles. The lowest BCUT2D eigenvalue weighted by Gasteiger charge is -2.32. The maximum atomic E-state index is 5.39. The zero-order valence-electron chi connectivity index (χ0n) is 12.7. The van der Waals surface area contributed by atoms with Gasteiger partial charge in [-0.05, 0) is 24.6 Å². The Hall–Kier alpha value is -1.46. The number of rotatable bonds is 5.